The number of nitrogens with one attached hydrogen (secondary N) is 1. The summed E-state index contributed by atoms with van der Waals surface area (Å²) in [7, 11) is -2.82. The number of nitrogens with two attached hydrogens (primary N) is 1. The number of nitrogens with zero attached hydrogens (tertiary/aromatic N) is 2. The molecule has 0 saturated carbocycles. The molecule has 0 unspecified atom stereocenters. The van der Waals surface area contributed by atoms with Crippen molar-refractivity contribution >= 4 is 21.5 Å². The molecule has 2 heterocycles. The van der Waals surface area contributed by atoms with Gasteiger partial charge in [-0.1, -0.05) is 0 Å². The molecule has 94 valence electrons. The average molecular weight is 256 g/mol. The highest BCUT2D eigenvalue weighted by Crippen LogP contribution is 2.17. The maximum absolute atomic E-state index is 11.3. The van der Waals surface area contributed by atoms with Gasteiger partial charge in [0, 0.05) is 12.1 Å². The zero-order chi connectivity index (χ0) is 12.5. The fourth-order valence-corrected chi connectivity index (χ4v) is 3.40. The molecule has 2 rings (SSSR count). The molecule has 0 bridgehead atoms. The van der Waals surface area contributed by atoms with E-state index in [1.165, 1.54) is 0 Å². The van der Waals surface area contributed by atoms with E-state index in [-0.39, 0.29) is 17.5 Å². The Kier molecular flexibility index (Phi) is 3.19. The first-order valence-corrected chi connectivity index (χ1v) is 7.35. The number of sulfone groups is 1. The van der Waals surface area contributed by atoms with Gasteiger partial charge in [0.15, 0.2) is 0 Å². The summed E-state index contributed by atoms with van der Waals surface area (Å²) in [6.45, 7) is 1.77. The fourth-order valence-electron chi connectivity index (χ4n) is 1.91. The number of rotatable bonds is 2. The fraction of sp³-hybridized carbons (Fsp3) is 0.600. The lowest BCUT2D eigenvalue weighted by molar-refractivity contribution is 0.559. The summed E-state index contributed by atoms with van der Waals surface area (Å²) < 4.78 is 22.6. The molecule has 0 atom stereocenters. The average Bonchev–Trinajstić information content (AvgIpc) is 2.20. The van der Waals surface area contributed by atoms with E-state index in [9.17, 15) is 8.42 Å². The predicted molar refractivity (Wildman–Crippen MR) is 66.5 cm³/mol. The molecule has 1 aliphatic rings. The normalized spacial score (nSPS) is 20.1. The van der Waals surface area contributed by atoms with E-state index in [4.69, 9.17) is 5.73 Å². The Bertz CT molecular complexity index is 481. The summed E-state index contributed by atoms with van der Waals surface area (Å²) in [4.78, 5) is 8.19. The molecule has 17 heavy (non-hydrogen) atoms. The van der Waals surface area contributed by atoms with Gasteiger partial charge in [0.1, 0.15) is 27.3 Å². The molecule has 7 heteroatoms. The Morgan fingerprint density at radius 2 is 2.00 bits per heavy atom. The van der Waals surface area contributed by atoms with Gasteiger partial charge in [0.25, 0.3) is 0 Å². The molecule has 1 aliphatic heterocycles. The van der Waals surface area contributed by atoms with Crippen LogP contribution < -0.4 is 11.1 Å². The number of hydrogen-bond acceptors (Lipinski definition) is 6. The van der Waals surface area contributed by atoms with Crippen molar-refractivity contribution in [2.75, 3.05) is 22.6 Å². The van der Waals surface area contributed by atoms with Crippen LogP contribution in [0, 0.1) is 6.92 Å². The van der Waals surface area contributed by atoms with Crippen molar-refractivity contribution in [2.45, 2.75) is 25.8 Å². The van der Waals surface area contributed by atoms with Gasteiger partial charge in [-0.05, 0) is 19.8 Å². The number of hydrogen-bond donors (Lipinski definition) is 2. The molecule has 6 nitrogen and oxygen atoms in total. The van der Waals surface area contributed by atoms with Crippen LogP contribution in [0.4, 0.5) is 11.6 Å². The molecule has 0 spiro atoms. The minimum absolute atomic E-state index is 0.146. The van der Waals surface area contributed by atoms with Gasteiger partial charge in [-0.2, -0.15) is 0 Å². The van der Waals surface area contributed by atoms with Gasteiger partial charge in [-0.15, -0.1) is 0 Å². The topological polar surface area (TPSA) is 98.0 Å². The number of aromatic nitrogens is 2. The summed E-state index contributed by atoms with van der Waals surface area (Å²) in [6.07, 6.45) is 1.23. The van der Waals surface area contributed by atoms with Crippen molar-refractivity contribution in [3.63, 3.8) is 0 Å². The molecule has 1 fully saturated rings. The summed E-state index contributed by atoms with van der Waals surface area (Å²) >= 11 is 0. The first-order valence-electron chi connectivity index (χ1n) is 5.53. The van der Waals surface area contributed by atoms with Gasteiger partial charge in [0.05, 0.1) is 11.5 Å². The molecule has 0 radical (unpaired) electrons. The Morgan fingerprint density at radius 1 is 1.35 bits per heavy atom. The lowest BCUT2D eigenvalue weighted by Gasteiger charge is -2.23. The Labute approximate surface area is 101 Å². The minimum Gasteiger partial charge on any atom is -0.384 e. The van der Waals surface area contributed by atoms with Gasteiger partial charge < -0.3 is 11.1 Å². The Hall–Kier alpha value is -1.37. The smallest absolute Gasteiger partial charge is 0.150 e. The van der Waals surface area contributed by atoms with Crippen LogP contribution >= 0.6 is 0 Å². The van der Waals surface area contributed by atoms with Crippen molar-refractivity contribution in [1.29, 1.82) is 0 Å². The zero-order valence-corrected chi connectivity index (χ0v) is 10.5. The molecular formula is C10H16N4O2S. The van der Waals surface area contributed by atoms with Crippen LogP contribution in [0.1, 0.15) is 18.7 Å². The van der Waals surface area contributed by atoms with Crippen molar-refractivity contribution in [3.8, 4) is 0 Å². The highest BCUT2D eigenvalue weighted by molar-refractivity contribution is 7.91. The van der Waals surface area contributed by atoms with E-state index in [0.717, 1.165) is 0 Å². The Balaban J connectivity index is 2.02. The largest absolute Gasteiger partial charge is 0.384 e. The third kappa shape index (κ3) is 3.29. The maximum Gasteiger partial charge on any atom is 0.150 e. The predicted octanol–water partition coefficient (Wildman–Crippen LogP) is 0.356. The molecule has 1 aromatic heterocycles. The van der Waals surface area contributed by atoms with Crippen LogP contribution in [-0.4, -0.2) is 35.9 Å². The summed E-state index contributed by atoms with van der Waals surface area (Å²) in [5, 5.41) is 3.20. The molecule has 0 aromatic carbocycles. The zero-order valence-electron chi connectivity index (χ0n) is 9.68. The quantitative estimate of drug-likeness (QED) is 0.792. The van der Waals surface area contributed by atoms with Gasteiger partial charge in [0.2, 0.25) is 0 Å². The van der Waals surface area contributed by atoms with E-state index in [2.05, 4.69) is 15.3 Å². The van der Waals surface area contributed by atoms with E-state index in [0.29, 0.717) is 30.3 Å². The van der Waals surface area contributed by atoms with E-state index in [1.54, 1.807) is 13.0 Å². The van der Waals surface area contributed by atoms with Crippen LogP contribution in [0.3, 0.4) is 0 Å². The van der Waals surface area contributed by atoms with Gasteiger partial charge in [-0.25, -0.2) is 18.4 Å². The molecule has 0 amide bonds. The second-order valence-corrected chi connectivity index (χ2v) is 6.60. The molecule has 1 aromatic rings. The third-order valence-electron chi connectivity index (χ3n) is 2.76. The maximum atomic E-state index is 11.3. The Morgan fingerprint density at radius 3 is 2.59 bits per heavy atom. The van der Waals surface area contributed by atoms with Crippen LogP contribution in [0.2, 0.25) is 0 Å². The highest BCUT2D eigenvalue weighted by atomic mass is 32.2. The standard InChI is InChI=1S/C10H16N4O2S/c1-7-12-9(11)6-10(13-7)14-8-2-4-17(15,16)5-3-8/h6,8H,2-5H2,1H3,(H3,11,12,13,14). The first kappa shape index (κ1) is 12.1. The van der Waals surface area contributed by atoms with Crippen LogP contribution in [0.25, 0.3) is 0 Å². The van der Waals surface area contributed by atoms with E-state index < -0.39 is 9.84 Å². The lowest BCUT2D eigenvalue weighted by Crippen LogP contribution is -2.32. The number of nitrogen functional groups attached to an aromatic ring is 1. The van der Waals surface area contributed by atoms with Gasteiger partial charge >= 0.3 is 0 Å². The van der Waals surface area contributed by atoms with E-state index in [1.807, 2.05) is 0 Å². The van der Waals surface area contributed by atoms with Crippen LogP contribution in [-0.2, 0) is 9.84 Å². The highest BCUT2D eigenvalue weighted by Gasteiger charge is 2.23. The number of aryl methyl sites for hydroxylation is 1. The summed E-state index contributed by atoms with van der Waals surface area (Å²) in [5.41, 5.74) is 5.62. The molecule has 3 N–H and O–H groups in total. The molecule has 0 aliphatic carbocycles. The van der Waals surface area contributed by atoms with Crippen molar-refractivity contribution in [2.24, 2.45) is 0 Å². The van der Waals surface area contributed by atoms with Gasteiger partial charge in [-0.3, -0.25) is 0 Å². The van der Waals surface area contributed by atoms with Crippen molar-refractivity contribution in [3.05, 3.63) is 11.9 Å². The minimum atomic E-state index is -2.82. The van der Waals surface area contributed by atoms with Crippen molar-refractivity contribution < 1.29 is 8.42 Å². The second-order valence-electron chi connectivity index (χ2n) is 4.30. The molecular weight excluding hydrogens is 240 g/mol. The summed E-state index contributed by atoms with van der Waals surface area (Å²) in [6, 6.07) is 1.81. The van der Waals surface area contributed by atoms with Crippen LogP contribution in [0.5, 0.6) is 0 Å². The summed E-state index contributed by atoms with van der Waals surface area (Å²) in [5.74, 6) is 2.17. The van der Waals surface area contributed by atoms with Crippen LogP contribution in [0.15, 0.2) is 6.07 Å². The van der Waals surface area contributed by atoms with E-state index >= 15 is 0 Å². The lowest BCUT2D eigenvalue weighted by atomic mass is 10.1. The first-order chi connectivity index (χ1) is 7.94. The number of anilines is 2. The monoisotopic (exact) mass is 256 g/mol. The molecule has 1 saturated heterocycles. The van der Waals surface area contributed by atoms with Crippen molar-refractivity contribution in [1.82, 2.24) is 9.97 Å². The SMILES string of the molecule is Cc1nc(N)cc(NC2CCS(=O)(=O)CC2)n1. The third-order valence-corrected chi connectivity index (χ3v) is 4.48. The second kappa shape index (κ2) is 4.48.